The first-order valence-electron chi connectivity index (χ1n) is 10.3. The van der Waals surface area contributed by atoms with E-state index in [-0.39, 0.29) is 10.8 Å². The van der Waals surface area contributed by atoms with Crippen LogP contribution in [0.15, 0.2) is 47.4 Å². The molecule has 1 aliphatic rings. The molecule has 1 fully saturated rings. The first-order chi connectivity index (χ1) is 14.3. The minimum atomic E-state index is -3.57. The zero-order valence-corrected chi connectivity index (χ0v) is 18.7. The van der Waals surface area contributed by atoms with Crippen LogP contribution in [0.3, 0.4) is 0 Å². The predicted octanol–water partition coefficient (Wildman–Crippen LogP) is 3.63. The molecule has 0 N–H and O–H groups in total. The van der Waals surface area contributed by atoms with Crippen LogP contribution < -0.4 is 4.74 Å². The topological polar surface area (TPSA) is 66.9 Å². The van der Waals surface area contributed by atoms with E-state index in [9.17, 15) is 13.2 Å². The third kappa shape index (κ3) is 5.40. The molecule has 30 heavy (non-hydrogen) atoms. The molecule has 0 saturated carbocycles. The Kier molecular flexibility index (Phi) is 7.15. The normalized spacial score (nSPS) is 15.0. The van der Waals surface area contributed by atoms with Crippen molar-refractivity contribution in [1.29, 1.82) is 0 Å². The Morgan fingerprint density at radius 3 is 2.37 bits per heavy atom. The zero-order valence-electron chi connectivity index (χ0n) is 17.9. The minimum Gasteiger partial charge on any atom is -0.492 e. The van der Waals surface area contributed by atoms with E-state index in [0.29, 0.717) is 31.8 Å². The fourth-order valence-corrected chi connectivity index (χ4v) is 5.25. The number of hydrogen-bond acceptors (Lipinski definition) is 4. The van der Waals surface area contributed by atoms with Crippen LogP contribution >= 0.6 is 0 Å². The van der Waals surface area contributed by atoms with Gasteiger partial charge in [0.1, 0.15) is 12.4 Å². The molecule has 1 amide bonds. The van der Waals surface area contributed by atoms with Gasteiger partial charge in [-0.1, -0.05) is 18.6 Å². The SMILES string of the molecule is Cc1cc(C)cc(OCCN(C)C(=O)c2cccc(S(=O)(=O)N3CCCCC3)c2)c1. The van der Waals surface area contributed by atoms with Gasteiger partial charge in [-0.2, -0.15) is 4.31 Å². The number of carbonyl (C=O) groups excluding carboxylic acids is 1. The summed E-state index contributed by atoms with van der Waals surface area (Å²) < 4.78 is 33.1. The smallest absolute Gasteiger partial charge is 0.253 e. The summed E-state index contributed by atoms with van der Waals surface area (Å²) in [5, 5.41) is 0. The van der Waals surface area contributed by atoms with E-state index in [1.165, 1.54) is 10.4 Å². The van der Waals surface area contributed by atoms with Crippen molar-refractivity contribution in [3.05, 3.63) is 59.2 Å². The molecular weight excluding hydrogens is 400 g/mol. The quantitative estimate of drug-likeness (QED) is 0.673. The zero-order chi connectivity index (χ0) is 21.7. The van der Waals surface area contributed by atoms with Gasteiger partial charge < -0.3 is 9.64 Å². The summed E-state index contributed by atoms with van der Waals surface area (Å²) in [7, 11) is -1.87. The molecular formula is C23H30N2O4S. The third-order valence-corrected chi connectivity index (χ3v) is 7.17. The number of aryl methyl sites for hydroxylation is 2. The van der Waals surface area contributed by atoms with E-state index >= 15 is 0 Å². The number of piperidine rings is 1. The van der Waals surface area contributed by atoms with E-state index in [1.54, 1.807) is 30.1 Å². The molecule has 6 nitrogen and oxygen atoms in total. The number of amides is 1. The molecule has 1 saturated heterocycles. The highest BCUT2D eigenvalue weighted by atomic mass is 32.2. The lowest BCUT2D eigenvalue weighted by Gasteiger charge is -2.26. The Hall–Kier alpha value is -2.38. The van der Waals surface area contributed by atoms with Crippen molar-refractivity contribution in [2.24, 2.45) is 0 Å². The molecule has 0 aromatic heterocycles. The maximum Gasteiger partial charge on any atom is 0.253 e. The van der Waals surface area contributed by atoms with Crippen molar-refractivity contribution in [3.63, 3.8) is 0 Å². The second kappa shape index (κ2) is 9.62. The Bertz CT molecular complexity index is 978. The molecule has 0 bridgehead atoms. The van der Waals surface area contributed by atoms with Crippen molar-refractivity contribution >= 4 is 15.9 Å². The van der Waals surface area contributed by atoms with E-state index in [2.05, 4.69) is 6.07 Å². The van der Waals surface area contributed by atoms with Crippen LogP contribution in [0.5, 0.6) is 5.75 Å². The standard InChI is InChI=1S/C23H30N2O4S/c1-18-14-19(2)16-21(15-18)29-13-12-24(3)23(26)20-8-7-9-22(17-20)30(27,28)25-10-5-4-6-11-25/h7-9,14-17H,4-6,10-13H2,1-3H3. The fraction of sp³-hybridized carbons (Fsp3) is 0.435. The predicted molar refractivity (Wildman–Crippen MR) is 117 cm³/mol. The molecule has 0 atom stereocenters. The summed E-state index contributed by atoms with van der Waals surface area (Å²) in [4.78, 5) is 14.5. The highest BCUT2D eigenvalue weighted by molar-refractivity contribution is 7.89. The van der Waals surface area contributed by atoms with Gasteiger partial charge in [0.2, 0.25) is 10.0 Å². The second-order valence-corrected chi connectivity index (χ2v) is 9.83. The summed E-state index contributed by atoms with van der Waals surface area (Å²) in [6.45, 7) is 5.86. The monoisotopic (exact) mass is 430 g/mol. The molecule has 2 aromatic rings. The summed E-state index contributed by atoms with van der Waals surface area (Å²) in [5.41, 5.74) is 2.62. The number of sulfonamides is 1. The van der Waals surface area contributed by atoms with Gasteiger partial charge in [-0.25, -0.2) is 8.42 Å². The third-order valence-electron chi connectivity index (χ3n) is 5.27. The van der Waals surface area contributed by atoms with Crippen molar-refractivity contribution < 1.29 is 17.9 Å². The number of likely N-dealkylation sites (N-methyl/N-ethyl adjacent to an activating group) is 1. The molecule has 1 heterocycles. The van der Waals surface area contributed by atoms with Crippen LogP contribution in [0, 0.1) is 13.8 Å². The molecule has 1 aliphatic heterocycles. The van der Waals surface area contributed by atoms with E-state index in [0.717, 1.165) is 36.1 Å². The molecule has 0 aliphatic carbocycles. The van der Waals surface area contributed by atoms with Gasteiger partial charge in [-0.3, -0.25) is 4.79 Å². The van der Waals surface area contributed by atoms with Crippen LogP contribution in [0.25, 0.3) is 0 Å². The second-order valence-electron chi connectivity index (χ2n) is 7.89. The number of ether oxygens (including phenoxy) is 1. The lowest BCUT2D eigenvalue weighted by atomic mass is 10.1. The Labute approximate surface area is 179 Å². The molecule has 7 heteroatoms. The first-order valence-corrected chi connectivity index (χ1v) is 11.8. The minimum absolute atomic E-state index is 0.176. The Morgan fingerprint density at radius 1 is 1.03 bits per heavy atom. The summed E-state index contributed by atoms with van der Waals surface area (Å²) in [5.74, 6) is 0.553. The van der Waals surface area contributed by atoms with Crippen molar-refractivity contribution in [1.82, 2.24) is 9.21 Å². The lowest BCUT2D eigenvalue weighted by Crippen LogP contribution is -2.36. The first kappa shape index (κ1) is 22.3. The highest BCUT2D eigenvalue weighted by Gasteiger charge is 2.26. The maximum absolute atomic E-state index is 12.9. The van der Waals surface area contributed by atoms with Crippen LogP contribution in [0.2, 0.25) is 0 Å². The number of benzene rings is 2. The Balaban J connectivity index is 1.63. The fourth-order valence-electron chi connectivity index (χ4n) is 3.68. The average molecular weight is 431 g/mol. The largest absolute Gasteiger partial charge is 0.492 e. The molecule has 0 radical (unpaired) electrons. The molecule has 2 aromatic carbocycles. The summed E-state index contributed by atoms with van der Waals surface area (Å²) >= 11 is 0. The Morgan fingerprint density at radius 2 is 1.70 bits per heavy atom. The van der Waals surface area contributed by atoms with E-state index < -0.39 is 10.0 Å². The number of rotatable bonds is 7. The molecule has 162 valence electrons. The highest BCUT2D eigenvalue weighted by Crippen LogP contribution is 2.22. The lowest BCUT2D eigenvalue weighted by molar-refractivity contribution is 0.0773. The van der Waals surface area contributed by atoms with Gasteiger partial charge in [0.15, 0.2) is 0 Å². The van der Waals surface area contributed by atoms with Gasteiger partial charge in [0.05, 0.1) is 11.4 Å². The van der Waals surface area contributed by atoms with Crippen LogP contribution in [0.1, 0.15) is 40.7 Å². The van der Waals surface area contributed by atoms with Gasteiger partial charge in [-0.05, 0) is 68.1 Å². The van der Waals surface area contributed by atoms with Gasteiger partial charge in [-0.15, -0.1) is 0 Å². The number of nitrogens with zero attached hydrogens (tertiary/aromatic N) is 2. The van der Waals surface area contributed by atoms with E-state index in [1.807, 2.05) is 26.0 Å². The van der Waals surface area contributed by atoms with Crippen molar-refractivity contribution in [2.75, 3.05) is 33.3 Å². The molecule has 0 unspecified atom stereocenters. The van der Waals surface area contributed by atoms with Crippen molar-refractivity contribution in [3.8, 4) is 5.75 Å². The summed E-state index contributed by atoms with van der Waals surface area (Å²) in [6, 6.07) is 12.3. The van der Waals surface area contributed by atoms with E-state index in [4.69, 9.17) is 4.74 Å². The number of hydrogen-bond donors (Lipinski definition) is 0. The molecule has 0 spiro atoms. The van der Waals surface area contributed by atoms with Crippen LogP contribution in [-0.2, 0) is 10.0 Å². The van der Waals surface area contributed by atoms with Gasteiger partial charge >= 0.3 is 0 Å². The summed E-state index contributed by atoms with van der Waals surface area (Å²) in [6.07, 6.45) is 2.81. The molecule has 3 rings (SSSR count). The number of carbonyl (C=O) groups is 1. The van der Waals surface area contributed by atoms with Crippen LogP contribution in [0.4, 0.5) is 0 Å². The van der Waals surface area contributed by atoms with Gasteiger partial charge in [0, 0.05) is 25.7 Å². The van der Waals surface area contributed by atoms with Crippen molar-refractivity contribution in [2.45, 2.75) is 38.0 Å². The van der Waals surface area contributed by atoms with Gasteiger partial charge in [0.25, 0.3) is 5.91 Å². The average Bonchev–Trinajstić information content (AvgIpc) is 2.73. The van der Waals surface area contributed by atoms with Crippen LogP contribution in [-0.4, -0.2) is 56.8 Å². The maximum atomic E-state index is 12.9.